The predicted octanol–water partition coefficient (Wildman–Crippen LogP) is 3.41. The zero-order valence-electron chi connectivity index (χ0n) is 13.1. The van der Waals surface area contributed by atoms with Gasteiger partial charge in [-0.05, 0) is 30.2 Å². The van der Waals surface area contributed by atoms with Gasteiger partial charge in [0.05, 0.1) is 0 Å². The molecule has 1 amide bonds. The fourth-order valence-corrected chi connectivity index (χ4v) is 3.19. The van der Waals surface area contributed by atoms with Crippen LogP contribution in [0.1, 0.15) is 57.1 Å². The second kappa shape index (κ2) is 8.18. The van der Waals surface area contributed by atoms with Crippen LogP contribution in [0.5, 0.6) is 0 Å². The summed E-state index contributed by atoms with van der Waals surface area (Å²) in [5, 5.41) is 3.07. The van der Waals surface area contributed by atoms with Gasteiger partial charge in [-0.15, -0.1) is 0 Å². The summed E-state index contributed by atoms with van der Waals surface area (Å²) >= 11 is 0. The summed E-state index contributed by atoms with van der Waals surface area (Å²) in [6.07, 6.45) is 6.81. The van der Waals surface area contributed by atoms with Crippen LogP contribution in [0.4, 0.5) is 0 Å². The van der Waals surface area contributed by atoms with E-state index in [9.17, 15) is 4.79 Å². The molecule has 2 rings (SSSR count). The lowest BCUT2D eigenvalue weighted by Gasteiger charge is -2.28. The van der Waals surface area contributed by atoms with Crippen molar-refractivity contribution in [1.29, 1.82) is 0 Å². The van der Waals surface area contributed by atoms with Crippen LogP contribution in [0.2, 0.25) is 0 Å². The van der Waals surface area contributed by atoms with Crippen LogP contribution in [0, 0.1) is 11.8 Å². The topological polar surface area (TPSA) is 55.1 Å². The van der Waals surface area contributed by atoms with Crippen molar-refractivity contribution in [1.82, 2.24) is 5.32 Å². The van der Waals surface area contributed by atoms with Crippen LogP contribution >= 0.6 is 0 Å². The third-order valence-corrected chi connectivity index (χ3v) is 4.76. The van der Waals surface area contributed by atoms with E-state index in [1.807, 2.05) is 30.3 Å². The smallest absolute Gasteiger partial charge is 0.221 e. The standard InChI is InChI=1S/C18H28N2O/c1-2-14-8-10-15(11-9-14)13-20-18(21)12-17(19)16-6-4-3-5-7-16/h3-7,14-15,17H,2,8-13,19H2,1H3,(H,20,21). The zero-order chi connectivity index (χ0) is 15.1. The van der Waals surface area contributed by atoms with Crippen LogP contribution in [-0.4, -0.2) is 12.5 Å². The van der Waals surface area contributed by atoms with Crippen LogP contribution in [-0.2, 0) is 4.79 Å². The molecule has 0 radical (unpaired) electrons. The maximum Gasteiger partial charge on any atom is 0.221 e. The molecule has 1 aliphatic carbocycles. The summed E-state index contributed by atoms with van der Waals surface area (Å²) < 4.78 is 0. The molecule has 1 saturated carbocycles. The van der Waals surface area contributed by atoms with Crippen LogP contribution in [0.15, 0.2) is 30.3 Å². The molecular formula is C18H28N2O. The molecule has 3 nitrogen and oxygen atoms in total. The average Bonchev–Trinajstić information content (AvgIpc) is 2.54. The maximum absolute atomic E-state index is 12.0. The minimum Gasteiger partial charge on any atom is -0.356 e. The normalized spacial score (nSPS) is 23.5. The van der Waals surface area contributed by atoms with Gasteiger partial charge in [0, 0.05) is 19.0 Å². The van der Waals surface area contributed by atoms with Crippen molar-refractivity contribution < 1.29 is 4.79 Å². The second-order valence-electron chi connectivity index (χ2n) is 6.32. The van der Waals surface area contributed by atoms with Crippen LogP contribution < -0.4 is 11.1 Å². The summed E-state index contributed by atoms with van der Waals surface area (Å²) in [6.45, 7) is 3.09. The molecule has 1 unspecified atom stereocenters. The Hall–Kier alpha value is -1.35. The molecule has 3 heteroatoms. The third kappa shape index (κ3) is 5.16. The Morgan fingerprint density at radius 1 is 1.19 bits per heavy atom. The number of benzene rings is 1. The number of amides is 1. The minimum absolute atomic E-state index is 0.0731. The number of carbonyl (C=O) groups excluding carboxylic acids is 1. The van der Waals surface area contributed by atoms with Gasteiger partial charge in [-0.1, -0.05) is 56.5 Å². The second-order valence-corrected chi connectivity index (χ2v) is 6.32. The Labute approximate surface area is 128 Å². The first-order valence-electron chi connectivity index (χ1n) is 8.26. The number of hydrogen-bond donors (Lipinski definition) is 2. The van der Waals surface area contributed by atoms with Gasteiger partial charge >= 0.3 is 0 Å². The van der Waals surface area contributed by atoms with Gasteiger partial charge in [0.2, 0.25) is 5.91 Å². The van der Waals surface area contributed by atoms with Crippen LogP contribution in [0.3, 0.4) is 0 Å². The van der Waals surface area contributed by atoms with Crippen molar-refractivity contribution in [2.75, 3.05) is 6.54 Å². The lowest BCUT2D eigenvalue weighted by atomic mass is 9.81. The summed E-state index contributed by atoms with van der Waals surface area (Å²) in [5.41, 5.74) is 7.10. The zero-order valence-corrected chi connectivity index (χ0v) is 13.1. The summed E-state index contributed by atoms with van der Waals surface area (Å²) in [6, 6.07) is 9.62. The molecule has 116 valence electrons. The molecule has 0 aliphatic heterocycles. The summed E-state index contributed by atoms with van der Waals surface area (Å²) in [4.78, 5) is 12.0. The summed E-state index contributed by atoms with van der Waals surface area (Å²) in [5.74, 6) is 1.64. The average molecular weight is 288 g/mol. The molecule has 1 atom stereocenters. The van der Waals surface area contributed by atoms with E-state index in [0.717, 1.165) is 18.0 Å². The number of rotatable bonds is 6. The quantitative estimate of drug-likeness (QED) is 0.843. The van der Waals surface area contributed by atoms with Gasteiger partial charge in [0.1, 0.15) is 0 Å². The van der Waals surface area contributed by atoms with E-state index in [-0.39, 0.29) is 11.9 Å². The van der Waals surface area contributed by atoms with E-state index in [0.29, 0.717) is 12.3 Å². The molecular weight excluding hydrogens is 260 g/mol. The monoisotopic (exact) mass is 288 g/mol. The van der Waals surface area contributed by atoms with E-state index in [4.69, 9.17) is 5.73 Å². The Kier molecular flexibility index (Phi) is 6.24. The number of nitrogens with two attached hydrogens (primary N) is 1. The fourth-order valence-electron chi connectivity index (χ4n) is 3.19. The molecule has 1 aromatic rings. The molecule has 1 fully saturated rings. The highest BCUT2D eigenvalue weighted by molar-refractivity contribution is 5.76. The Balaban J connectivity index is 1.68. The molecule has 1 aliphatic rings. The highest BCUT2D eigenvalue weighted by atomic mass is 16.1. The molecule has 0 aromatic heterocycles. The minimum atomic E-state index is -0.206. The highest BCUT2D eigenvalue weighted by Gasteiger charge is 2.20. The maximum atomic E-state index is 12.0. The van der Waals surface area contributed by atoms with Gasteiger partial charge in [-0.2, -0.15) is 0 Å². The van der Waals surface area contributed by atoms with E-state index in [1.54, 1.807) is 0 Å². The number of hydrogen-bond acceptors (Lipinski definition) is 2. The van der Waals surface area contributed by atoms with Gasteiger partial charge in [0.15, 0.2) is 0 Å². The highest BCUT2D eigenvalue weighted by Crippen LogP contribution is 2.30. The van der Waals surface area contributed by atoms with E-state index >= 15 is 0 Å². The van der Waals surface area contributed by atoms with Crippen molar-refractivity contribution in [2.45, 2.75) is 51.5 Å². The van der Waals surface area contributed by atoms with Gasteiger partial charge < -0.3 is 11.1 Å². The van der Waals surface area contributed by atoms with E-state index in [1.165, 1.54) is 32.1 Å². The number of carbonyl (C=O) groups is 1. The van der Waals surface area contributed by atoms with Crippen molar-refractivity contribution >= 4 is 5.91 Å². The van der Waals surface area contributed by atoms with E-state index < -0.39 is 0 Å². The van der Waals surface area contributed by atoms with Gasteiger partial charge in [-0.3, -0.25) is 4.79 Å². The van der Waals surface area contributed by atoms with Gasteiger partial charge in [-0.25, -0.2) is 0 Å². The molecule has 21 heavy (non-hydrogen) atoms. The molecule has 0 heterocycles. The molecule has 0 saturated heterocycles. The Morgan fingerprint density at radius 2 is 1.81 bits per heavy atom. The molecule has 0 spiro atoms. The summed E-state index contributed by atoms with van der Waals surface area (Å²) in [7, 11) is 0. The molecule has 1 aromatic carbocycles. The van der Waals surface area contributed by atoms with Gasteiger partial charge in [0.25, 0.3) is 0 Å². The first-order valence-corrected chi connectivity index (χ1v) is 8.26. The van der Waals surface area contributed by atoms with Crippen molar-refractivity contribution in [3.8, 4) is 0 Å². The fraction of sp³-hybridized carbons (Fsp3) is 0.611. The lowest BCUT2D eigenvalue weighted by Crippen LogP contribution is -2.33. The number of nitrogens with one attached hydrogen (secondary N) is 1. The first kappa shape index (κ1) is 16.0. The Bertz CT molecular complexity index is 424. The van der Waals surface area contributed by atoms with Crippen molar-refractivity contribution in [2.24, 2.45) is 17.6 Å². The van der Waals surface area contributed by atoms with Crippen LogP contribution in [0.25, 0.3) is 0 Å². The molecule has 0 bridgehead atoms. The molecule has 3 N–H and O–H groups in total. The largest absolute Gasteiger partial charge is 0.356 e. The first-order chi connectivity index (χ1) is 10.2. The Morgan fingerprint density at radius 3 is 2.43 bits per heavy atom. The van der Waals surface area contributed by atoms with Crippen molar-refractivity contribution in [3.05, 3.63) is 35.9 Å². The predicted molar refractivity (Wildman–Crippen MR) is 86.7 cm³/mol. The van der Waals surface area contributed by atoms with E-state index in [2.05, 4.69) is 12.2 Å². The SMILES string of the molecule is CCC1CCC(CNC(=O)CC(N)c2ccccc2)CC1. The van der Waals surface area contributed by atoms with Crippen molar-refractivity contribution in [3.63, 3.8) is 0 Å². The lowest BCUT2D eigenvalue weighted by molar-refractivity contribution is -0.121. The third-order valence-electron chi connectivity index (χ3n) is 4.76.